The Balaban J connectivity index is 2.77. The largest absolute Gasteiger partial charge is 0.496 e. The fourth-order valence-electron chi connectivity index (χ4n) is 3.47. The van der Waals surface area contributed by atoms with Crippen molar-refractivity contribution in [2.24, 2.45) is 0 Å². The van der Waals surface area contributed by atoms with Gasteiger partial charge in [-0.1, -0.05) is 30.3 Å². The van der Waals surface area contributed by atoms with Crippen LogP contribution in [0.2, 0.25) is 0 Å². The predicted molar refractivity (Wildman–Crippen MR) is 119 cm³/mol. The van der Waals surface area contributed by atoms with Gasteiger partial charge in [0.2, 0.25) is 5.91 Å². The maximum atomic E-state index is 14.5. The van der Waals surface area contributed by atoms with E-state index in [0.717, 1.165) is 6.92 Å². The molecule has 0 unspecified atom stereocenters. The Hall–Kier alpha value is -3.07. The van der Waals surface area contributed by atoms with Crippen LogP contribution in [-0.2, 0) is 33.7 Å². The number of methoxy groups -OCH3 is 1. The molecule has 0 radical (unpaired) electrons. The lowest BCUT2D eigenvalue weighted by Gasteiger charge is -2.27. The van der Waals surface area contributed by atoms with Crippen molar-refractivity contribution < 1.29 is 32.2 Å². The van der Waals surface area contributed by atoms with E-state index in [1.54, 1.807) is 30.3 Å². The van der Waals surface area contributed by atoms with Gasteiger partial charge in [0, 0.05) is 44.6 Å². The highest BCUT2D eigenvalue weighted by Crippen LogP contribution is 2.46. The molecule has 2 aromatic carbocycles. The highest BCUT2D eigenvalue weighted by atomic mass is 19.4. The summed E-state index contributed by atoms with van der Waals surface area (Å²) in [5, 5.41) is 0. The van der Waals surface area contributed by atoms with Crippen LogP contribution in [0.3, 0.4) is 0 Å². The molecule has 0 aliphatic carbocycles. The smallest absolute Gasteiger partial charge is 0.417 e. The molecule has 0 bridgehead atoms. The van der Waals surface area contributed by atoms with Crippen LogP contribution in [0.15, 0.2) is 36.4 Å². The quantitative estimate of drug-likeness (QED) is 0.514. The van der Waals surface area contributed by atoms with Crippen LogP contribution in [0.5, 0.6) is 5.75 Å². The average molecular weight is 467 g/mol. The number of likely N-dealkylation sites (N-methyl/N-ethyl adjacent to an activating group) is 1. The van der Waals surface area contributed by atoms with Gasteiger partial charge in [-0.25, -0.2) is 0 Å². The molecule has 0 saturated heterocycles. The number of hydrogen-bond acceptors (Lipinski definition) is 5. The molecule has 1 amide bonds. The van der Waals surface area contributed by atoms with Gasteiger partial charge in [-0.3, -0.25) is 9.59 Å². The molecule has 0 aromatic heterocycles. The van der Waals surface area contributed by atoms with Crippen molar-refractivity contribution in [1.82, 2.24) is 9.80 Å². The van der Waals surface area contributed by atoms with Crippen molar-refractivity contribution in [2.45, 2.75) is 33.2 Å². The van der Waals surface area contributed by atoms with Crippen LogP contribution in [0.4, 0.5) is 13.2 Å². The third kappa shape index (κ3) is 6.95. The molecule has 6 nitrogen and oxygen atoms in total. The zero-order valence-electron chi connectivity index (χ0n) is 19.5. The fraction of sp³-hybridized carbons (Fsp3) is 0.417. The summed E-state index contributed by atoms with van der Waals surface area (Å²) in [5.74, 6) is -0.969. The zero-order valence-corrected chi connectivity index (χ0v) is 19.5. The van der Waals surface area contributed by atoms with Gasteiger partial charge >= 0.3 is 12.1 Å². The number of carbonyl (C=O) groups excluding carboxylic acids is 2. The van der Waals surface area contributed by atoms with Gasteiger partial charge < -0.3 is 19.3 Å². The third-order valence-electron chi connectivity index (χ3n) is 5.10. The van der Waals surface area contributed by atoms with Crippen LogP contribution in [0.25, 0.3) is 11.1 Å². The summed E-state index contributed by atoms with van der Waals surface area (Å²) in [6.45, 7) is 2.68. The Morgan fingerprint density at radius 3 is 2.15 bits per heavy atom. The molecular weight excluding hydrogens is 437 g/mol. The first-order valence-corrected chi connectivity index (χ1v) is 10.3. The normalized spacial score (nSPS) is 11.4. The minimum Gasteiger partial charge on any atom is -0.496 e. The summed E-state index contributed by atoms with van der Waals surface area (Å²) in [7, 11) is 4.97. The van der Waals surface area contributed by atoms with Gasteiger partial charge in [0.1, 0.15) is 12.4 Å². The second kappa shape index (κ2) is 11.2. The number of rotatable bonds is 9. The van der Waals surface area contributed by atoms with Gasteiger partial charge in [-0.05, 0) is 31.3 Å². The van der Waals surface area contributed by atoms with E-state index in [1.807, 2.05) is 19.0 Å². The topological polar surface area (TPSA) is 59.1 Å². The van der Waals surface area contributed by atoms with Gasteiger partial charge in [-0.2, -0.15) is 13.2 Å². The average Bonchev–Trinajstić information content (AvgIpc) is 2.73. The molecule has 0 spiro atoms. The number of nitrogens with zero attached hydrogens (tertiary/aromatic N) is 2. The minimum atomic E-state index is -4.77. The Bertz CT molecular complexity index is 976. The molecule has 0 saturated carbocycles. The van der Waals surface area contributed by atoms with Gasteiger partial charge in [0.25, 0.3) is 0 Å². The van der Waals surface area contributed by atoms with Crippen molar-refractivity contribution in [3.05, 3.63) is 53.1 Å². The molecule has 0 heterocycles. The van der Waals surface area contributed by atoms with E-state index in [0.29, 0.717) is 18.7 Å². The molecule has 33 heavy (non-hydrogen) atoms. The number of carbonyl (C=O) groups is 2. The molecule has 0 aliphatic rings. The van der Waals surface area contributed by atoms with Crippen molar-refractivity contribution in [3.63, 3.8) is 0 Å². The molecule has 180 valence electrons. The Morgan fingerprint density at radius 1 is 1.03 bits per heavy atom. The van der Waals surface area contributed by atoms with Crippen LogP contribution in [-0.4, -0.2) is 56.0 Å². The Kier molecular flexibility index (Phi) is 8.87. The lowest BCUT2D eigenvalue weighted by atomic mass is 9.90. The van der Waals surface area contributed by atoms with Gasteiger partial charge in [0.05, 0.1) is 12.7 Å². The highest BCUT2D eigenvalue weighted by Gasteiger charge is 2.40. The monoisotopic (exact) mass is 466 g/mol. The molecule has 0 atom stereocenters. The summed E-state index contributed by atoms with van der Waals surface area (Å²) < 4.78 is 53.8. The third-order valence-corrected chi connectivity index (χ3v) is 5.10. The van der Waals surface area contributed by atoms with Gasteiger partial charge in [-0.15, -0.1) is 0 Å². The summed E-state index contributed by atoms with van der Waals surface area (Å²) in [6, 6.07) is 9.57. The second-order valence-corrected chi connectivity index (χ2v) is 7.85. The van der Waals surface area contributed by atoms with Crippen LogP contribution in [0.1, 0.15) is 30.5 Å². The first-order chi connectivity index (χ1) is 15.5. The summed E-state index contributed by atoms with van der Waals surface area (Å²) in [6.07, 6.45) is -4.77. The number of ether oxygens (including phenoxy) is 2. The number of amides is 1. The summed E-state index contributed by atoms with van der Waals surface area (Å²) >= 11 is 0. The molecule has 2 aromatic rings. The SMILES string of the molecule is COc1cc(CN(CCN(C)C)C(C)=O)c(COC(C)=O)c(C(F)(F)F)c1-c1ccccc1. The Labute approximate surface area is 191 Å². The summed E-state index contributed by atoms with van der Waals surface area (Å²) in [4.78, 5) is 27.0. The maximum absolute atomic E-state index is 14.5. The second-order valence-electron chi connectivity index (χ2n) is 7.85. The van der Waals surface area contributed by atoms with Crippen LogP contribution >= 0.6 is 0 Å². The van der Waals surface area contributed by atoms with Crippen molar-refractivity contribution >= 4 is 11.9 Å². The fourth-order valence-corrected chi connectivity index (χ4v) is 3.47. The first kappa shape index (κ1) is 26.2. The molecule has 0 fully saturated rings. The molecule has 0 N–H and O–H groups in total. The van der Waals surface area contributed by atoms with E-state index in [2.05, 4.69) is 0 Å². The van der Waals surface area contributed by atoms with Crippen molar-refractivity contribution in [3.8, 4) is 16.9 Å². The standard InChI is InChI=1S/C24H29F3N2O4/c1-16(30)29(12-11-28(3)4)14-19-13-21(32-5)22(18-9-7-6-8-10-18)23(24(25,26)27)20(19)15-33-17(2)31/h6-10,13H,11-12,14-15H2,1-5H3. The number of benzene rings is 2. The van der Waals surface area contributed by atoms with Crippen LogP contribution in [0, 0.1) is 0 Å². The zero-order chi connectivity index (χ0) is 24.8. The number of alkyl halides is 3. The first-order valence-electron chi connectivity index (χ1n) is 10.3. The van der Waals surface area contributed by atoms with Crippen molar-refractivity contribution in [2.75, 3.05) is 34.3 Å². The van der Waals surface area contributed by atoms with Crippen molar-refractivity contribution in [1.29, 1.82) is 0 Å². The lowest BCUT2D eigenvalue weighted by molar-refractivity contribution is -0.145. The van der Waals surface area contributed by atoms with E-state index < -0.39 is 24.3 Å². The lowest BCUT2D eigenvalue weighted by Crippen LogP contribution is -2.35. The maximum Gasteiger partial charge on any atom is 0.417 e. The van der Waals surface area contributed by atoms with E-state index in [-0.39, 0.29) is 34.9 Å². The Morgan fingerprint density at radius 2 is 1.67 bits per heavy atom. The molecule has 9 heteroatoms. The van der Waals surface area contributed by atoms with Crippen LogP contribution < -0.4 is 4.74 Å². The molecule has 0 aliphatic heterocycles. The number of halogens is 3. The van der Waals surface area contributed by atoms with E-state index in [9.17, 15) is 22.8 Å². The highest BCUT2D eigenvalue weighted by molar-refractivity contribution is 5.78. The minimum absolute atomic E-state index is 0.0196. The van der Waals surface area contributed by atoms with E-state index >= 15 is 0 Å². The predicted octanol–water partition coefficient (Wildman–Crippen LogP) is 4.35. The van der Waals surface area contributed by atoms with E-state index in [4.69, 9.17) is 9.47 Å². The molecular formula is C24H29F3N2O4. The van der Waals surface area contributed by atoms with Gasteiger partial charge in [0.15, 0.2) is 0 Å². The number of hydrogen-bond donors (Lipinski definition) is 0. The van der Waals surface area contributed by atoms with E-state index in [1.165, 1.54) is 25.0 Å². The number of esters is 1. The summed E-state index contributed by atoms with van der Waals surface area (Å²) in [5.41, 5.74) is -0.768. The molecule has 2 rings (SSSR count).